The molecule has 0 aromatic heterocycles. The van der Waals surface area contributed by atoms with E-state index in [4.69, 9.17) is 5.21 Å². The average molecular weight is 443 g/mol. The predicted molar refractivity (Wildman–Crippen MR) is 121 cm³/mol. The topological polar surface area (TPSA) is 77.2 Å². The fourth-order valence-electron chi connectivity index (χ4n) is 3.67. The molecule has 5 rings (SSSR count). The van der Waals surface area contributed by atoms with E-state index in [0.717, 1.165) is 22.8 Å². The lowest BCUT2D eigenvalue weighted by molar-refractivity contribution is 0.296. The van der Waals surface area contributed by atoms with Gasteiger partial charge in [-0.15, -0.1) is 0 Å². The minimum Gasteiger partial charge on any atom is -0.733 e. The highest BCUT2D eigenvalue weighted by molar-refractivity contribution is 5.69. The number of fused-ring (bicyclic) bond motifs is 1. The van der Waals surface area contributed by atoms with E-state index in [1.54, 1.807) is 18.2 Å². The van der Waals surface area contributed by atoms with E-state index < -0.39 is 11.6 Å². The molecule has 33 heavy (non-hydrogen) atoms. The molecule has 3 aromatic carbocycles. The summed E-state index contributed by atoms with van der Waals surface area (Å²) >= 11 is 0. The maximum atomic E-state index is 14.1. The molecule has 0 spiro atoms. The Morgan fingerprint density at radius 1 is 0.879 bits per heavy atom. The number of benzene rings is 3. The van der Waals surface area contributed by atoms with Crippen LogP contribution < -0.4 is 5.23 Å². The largest absolute Gasteiger partial charge is 0.733 e. The van der Waals surface area contributed by atoms with Crippen molar-refractivity contribution in [2.75, 3.05) is 5.23 Å². The average Bonchev–Trinajstić information content (AvgIpc) is 3.24. The molecule has 0 fully saturated rings. The number of imidazole rings is 1. The van der Waals surface area contributed by atoms with Crippen LogP contribution in [0.3, 0.4) is 0 Å². The Bertz CT molecular complexity index is 1400. The molecule has 0 bridgehead atoms. The first kappa shape index (κ1) is 20.7. The summed E-state index contributed by atoms with van der Waals surface area (Å²) < 4.78 is 29.6. The van der Waals surface area contributed by atoms with Crippen LogP contribution in [0.25, 0.3) is 33.9 Å². The molecule has 0 atom stereocenters. The molecule has 1 N–H and O–H groups in total. The first-order chi connectivity index (χ1) is 16.0. The molecular weight excluding hydrogens is 426 g/mol. The van der Waals surface area contributed by atoms with E-state index >= 15 is 0 Å². The van der Waals surface area contributed by atoms with Crippen LogP contribution in [-0.4, -0.2) is 19.7 Å². The van der Waals surface area contributed by atoms with E-state index in [1.807, 2.05) is 47.3 Å². The molecule has 0 amide bonds. The van der Waals surface area contributed by atoms with E-state index in [0.29, 0.717) is 17.9 Å². The maximum absolute atomic E-state index is 14.1. The van der Waals surface area contributed by atoms with Crippen molar-refractivity contribution in [2.24, 2.45) is 0 Å². The van der Waals surface area contributed by atoms with Crippen LogP contribution in [0.5, 0.6) is 0 Å². The normalized spacial score (nSPS) is 11.2. The monoisotopic (exact) mass is 443 g/mol. The Labute approximate surface area is 187 Å². The van der Waals surface area contributed by atoms with E-state index in [-0.39, 0.29) is 22.3 Å². The number of halogens is 2. The molecule has 0 unspecified atom stereocenters. The second-order valence-corrected chi connectivity index (χ2v) is 7.56. The fourth-order valence-corrected chi connectivity index (χ4v) is 3.67. The number of nitrogens with zero attached hydrogens (tertiary/aromatic N) is 4. The van der Waals surface area contributed by atoms with Gasteiger partial charge in [0.2, 0.25) is 0 Å². The quantitative estimate of drug-likeness (QED) is 0.351. The first-order valence-electron chi connectivity index (χ1n) is 10.1. The Balaban J connectivity index is 1.38. The minimum absolute atomic E-state index is 0.0266. The van der Waals surface area contributed by atoms with Crippen molar-refractivity contribution in [1.29, 1.82) is 0 Å². The summed E-state index contributed by atoms with van der Waals surface area (Å²) in [6, 6.07) is 20.2. The smallest absolute Gasteiger partial charge is 0.169 e. The molecule has 0 saturated carbocycles. The zero-order valence-corrected chi connectivity index (χ0v) is 17.2. The van der Waals surface area contributed by atoms with Crippen LogP contribution in [0, 0.1) is 16.8 Å². The molecule has 2 aliphatic heterocycles. The van der Waals surface area contributed by atoms with Crippen LogP contribution in [0.1, 0.15) is 5.56 Å². The highest BCUT2D eigenvalue weighted by Crippen LogP contribution is 2.28. The molecule has 8 heteroatoms. The molecule has 2 aliphatic rings. The van der Waals surface area contributed by atoms with Gasteiger partial charge in [0.15, 0.2) is 17.5 Å². The standard InChI is InChI=1S/C25H17F2N4O2/c26-21-6-2-5-20(24(21)27)25-28-22-11-12-30(15-23(22)29-25)14-16-7-9-17(10-8-16)18-3-1-4-19(13-18)31(32)33/h1-13,15,32H,14H2/q-1. The Morgan fingerprint density at radius 2 is 1.64 bits per heavy atom. The van der Waals surface area contributed by atoms with Gasteiger partial charge in [0.05, 0.1) is 16.9 Å². The zero-order valence-electron chi connectivity index (χ0n) is 17.2. The SMILES string of the molecule is [O-]N(O)c1cccc(-c2ccc(Cn3ccc4nc(-c5cccc(F)c5F)nc-4c3)cc2)c1. The summed E-state index contributed by atoms with van der Waals surface area (Å²) in [5.74, 6) is -1.76. The molecular formula is C25H17F2N4O2-. The van der Waals surface area contributed by atoms with Crippen molar-refractivity contribution in [3.05, 3.63) is 108 Å². The molecule has 0 saturated heterocycles. The summed E-state index contributed by atoms with van der Waals surface area (Å²) in [6.07, 6.45) is 3.66. The Kier molecular flexibility index (Phi) is 5.29. The molecule has 3 aromatic rings. The second-order valence-electron chi connectivity index (χ2n) is 7.56. The van der Waals surface area contributed by atoms with Gasteiger partial charge in [0.1, 0.15) is 5.69 Å². The Hall–Kier alpha value is -4.14. The predicted octanol–water partition coefficient (Wildman–Crippen LogP) is 5.74. The van der Waals surface area contributed by atoms with Crippen molar-refractivity contribution in [1.82, 2.24) is 14.5 Å². The third-order valence-electron chi connectivity index (χ3n) is 5.34. The number of hydrogen-bond donors (Lipinski definition) is 1. The van der Waals surface area contributed by atoms with Gasteiger partial charge in [0.25, 0.3) is 0 Å². The van der Waals surface area contributed by atoms with Gasteiger partial charge in [-0.3, -0.25) is 5.21 Å². The first-order valence-corrected chi connectivity index (χ1v) is 10.1. The summed E-state index contributed by atoms with van der Waals surface area (Å²) in [5.41, 5.74) is 4.11. The lowest BCUT2D eigenvalue weighted by Gasteiger charge is -2.22. The lowest BCUT2D eigenvalue weighted by atomic mass is 10.0. The van der Waals surface area contributed by atoms with Gasteiger partial charge in [-0.1, -0.05) is 42.5 Å². The number of rotatable bonds is 5. The third-order valence-corrected chi connectivity index (χ3v) is 5.34. The van der Waals surface area contributed by atoms with E-state index in [2.05, 4.69) is 9.97 Å². The second kappa shape index (κ2) is 8.42. The molecule has 2 heterocycles. The van der Waals surface area contributed by atoms with Crippen molar-refractivity contribution >= 4 is 5.69 Å². The highest BCUT2D eigenvalue weighted by atomic mass is 19.2. The molecule has 6 nitrogen and oxygen atoms in total. The third kappa shape index (κ3) is 4.17. The number of hydrogen-bond acceptors (Lipinski definition) is 5. The highest BCUT2D eigenvalue weighted by Gasteiger charge is 2.17. The Morgan fingerprint density at radius 3 is 2.42 bits per heavy atom. The van der Waals surface area contributed by atoms with Crippen LogP contribution in [-0.2, 0) is 6.54 Å². The molecule has 164 valence electrons. The van der Waals surface area contributed by atoms with Gasteiger partial charge in [-0.25, -0.2) is 18.7 Å². The summed E-state index contributed by atoms with van der Waals surface area (Å²) in [4.78, 5) is 8.70. The van der Waals surface area contributed by atoms with Gasteiger partial charge < -0.3 is 15.0 Å². The zero-order chi connectivity index (χ0) is 22.9. The number of pyridine rings is 1. The maximum Gasteiger partial charge on any atom is 0.169 e. The molecule has 0 aliphatic carbocycles. The fraction of sp³-hybridized carbons (Fsp3) is 0.0400. The van der Waals surface area contributed by atoms with E-state index in [9.17, 15) is 14.0 Å². The van der Waals surface area contributed by atoms with Crippen molar-refractivity contribution < 1.29 is 14.0 Å². The summed E-state index contributed by atoms with van der Waals surface area (Å²) in [6.45, 7) is 0.567. The van der Waals surface area contributed by atoms with Crippen molar-refractivity contribution in [2.45, 2.75) is 6.54 Å². The van der Waals surface area contributed by atoms with Crippen LogP contribution >= 0.6 is 0 Å². The summed E-state index contributed by atoms with van der Waals surface area (Å²) in [5, 5.41) is 20.1. The molecule has 0 radical (unpaired) electrons. The van der Waals surface area contributed by atoms with Crippen LogP contribution in [0.2, 0.25) is 0 Å². The van der Waals surface area contributed by atoms with Crippen LogP contribution in [0.15, 0.2) is 85.2 Å². The van der Waals surface area contributed by atoms with E-state index in [1.165, 1.54) is 18.2 Å². The number of aromatic nitrogens is 3. The summed E-state index contributed by atoms with van der Waals surface area (Å²) in [7, 11) is 0. The van der Waals surface area contributed by atoms with Gasteiger partial charge in [-0.05, 0) is 47.0 Å². The number of anilines is 1. The van der Waals surface area contributed by atoms with Crippen LogP contribution in [0.4, 0.5) is 14.5 Å². The van der Waals surface area contributed by atoms with Gasteiger partial charge in [-0.2, -0.15) is 0 Å². The van der Waals surface area contributed by atoms with Gasteiger partial charge in [0, 0.05) is 18.9 Å². The van der Waals surface area contributed by atoms with Crippen molar-refractivity contribution in [3.63, 3.8) is 0 Å². The minimum atomic E-state index is -0.965. The van der Waals surface area contributed by atoms with Crippen molar-refractivity contribution in [3.8, 4) is 33.9 Å². The lowest BCUT2D eigenvalue weighted by Crippen LogP contribution is -2.06. The van der Waals surface area contributed by atoms with Gasteiger partial charge >= 0.3 is 0 Å².